The summed E-state index contributed by atoms with van der Waals surface area (Å²) in [4.78, 5) is 21.8. The minimum atomic E-state index is -0.105. The number of carbonyl (C=O) groups excluding carboxylic acids is 2. The third kappa shape index (κ3) is 15.1. The maximum Gasteiger partial charge on any atom is 0.305 e. The minimum absolute atomic E-state index is 0.105. The molecule has 0 fully saturated rings. The average Bonchev–Trinajstić information content (AvgIpc) is 2.54. The maximum absolute atomic E-state index is 10.9. The van der Waals surface area contributed by atoms with Crippen LogP contribution in [0.2, 0.25) is 0 Å². The molecule has 0 spiro atoms. The van der Waals surface area contributed by atoms with Gasteiger partial charge < -0.3 is 9.47 Å². The zero-order chi connectivity index (χ0) is 16.5. The number of esters is 2. The van der Waals surface area contributed by atoms with Gasteiger partial charge in [-0.25, -0.2) is 0 Å². The molecule has 0 atom stereocenters. The van der Waals surface area contributed by atoms with E-state index in [0.717, 1.165) is 38.5 Å². The highest BCUT2D eigenvalue weighted by atomic mass is 16.5. The van der Waals surface area contributed by atoms with Gasteiger partial charge in [-0.3, -0.25) is 9.59 Å². The molecule has 0 aliphatic heterocycles. The van der Waals surface area contributed by atoms with Crippen molar-refractivity contribution in [1.82, 2.24) is 0 Å². The van der Waals surface area contributed by atoms with Crippen molar-refractivity contribution in [2.75, 3.05) is 14.2 Å². The standard InChI is InChI=1S/C18H32O4/c1-21-17(19)15-13-11-9-7-5-3-4-6-8-10-12-14-16-18(20)22-2/h3-4H,5-16H2,1-2H3/b4-3+. The van der Waals surface area contributed by atoms with Gasteiger partial charge in [-0.1, -0.05) is 37.8 Å². The van der Waals surface area contributed by atoms with E-state index in [4.69, 9.17) is 0 Å². The van der Waals surface area contributed by atoms with E-state index in [-0.39, 0.29) is 11.9 Å². The first kappa shape index (κ1) is 20.7. The maximum atomic E-state index is 10.9. The smallest absolute Gasteiger partial charge is 0.305 e. The number of carbonyl (C=O) groups is 2. The third-order valence-electron chi connectivity index (χ3n) is 3.63. The number of methoxy groups -OCH3 is 2. The Morgan fingerprint density at radius 1 is 0.636 bits per heavy atom. The predicted molar refractivity (Wildman–Crippen MR) is 88.6 cm³/mol. The van der Waals surface area contributed by atoms with Crippen molar-refractivity contribution in [3.05, 3.63) is 12.2 Å². The van der Waals surface area contributed by atoms with Crippen LogP contribution in [-0.4, -0.2) is 26.2 Å². The van der Waals surface area contributed by atoms with E-state index >= 15 is 0 Å². The lowest BCUT2D eigenvalue weighted by Crippen LogP contribution is -1.99. The summed E-state index contributed by atoms with van der Waals surface area (Å²) in [5.74, 6) is -0.210. The minimum Gasteiger partial charge on any atom is -0.469 e. The number of ether oxygens (including phenoxy) is 2. The Morgan fingerprint density at radius 3 is 1.36 bits per heavy atom. The van der Waals surface area contributed by atoms with E-state index in [9.17, 15) is 9.59 Å². The SMILES string of the molecule is COC(=O)CCCCCC/C=C/CCCCCCC(=O)OC. The van der Waals surface area contributed by atoms with Crippen molar-refractivity contribution in [1.29, 1.82) is 0 Å². The van der Waals surface area contributed by atoms with Gasteiger partial charge in [-0.2, -0.15) is 0 Å². The third-order valence-corrected chi connectivity index (χ3v) is 3.63. The molecule has 0 aliphatic rings. The average molecular weight is 312 g/mol. The highest BCUT2D eigenvalue weighted by Crippen LogP contribution is 2.09. The van der Waals surface area contributed by atoms with Gasteiger partial charge in [0.15, 0.2) is 0 Å². The summed E-state index contributed by atoms with van der Waals surface area (Å²) in [6, 6.07) is 0. The molecule has 0 rings (SSSR count). The van der Waals surface area contributed by atoms with Gasteiger partial charge in [0.25, 0.3) is 0 Å². The number of allylic oxidation sites excluding steroid dienone is 2. The molecule has 0 aliphatic carbocycles. The second-order valence-electron chi connectivity index (χ2n) is 5.53. The zero-order valence-corrected chi connectivity index (χ0v) is 14.3. The molecular formula is C18H32O4. The molecule has 0 radical (unpaired) electrons. The summed E-state index contributed by atoms with van der Waals surface area (Å²) < 4.78 is 9.20. The second-order valence-corrected chi connectivity index (χ2v) is 5.53. The molecular weight excluding hydrogens is 280 g/mol. The summed E-state index contributed by atoms with van der Waals surface area (Å²) in [7, 11) is 2.87. The normalized spacial score (nSPS) is 10.8. The van der Waals surface area contributed by atoms with Crippen LogP contribution >= 0.6 is 0 Å². The van der Waals surface area contributed by atoms with E-state index < -0.39 is 0 Å². The Morgan fingerprint density at radius 2 is 1.00 bits per heavy atom. The first-order valence-corrected chi connectivity index (χ1v) is 8.49. The predicted octanol–water partition coefficient (Wildman–Crippen LogP) is 4.57. The van der Waals surface area contributed by atoms with Crippen LogP contribution in [-0.2, 0) is 19.1 Å². The highest BCUT2D eigenvalue weighted by Gasteiger charge is 1.99. The van der Waals surface area contributed by atoms with E-state index in [1.54, 1.807) is 0 Å². The molecule has 0 aromatic heterocycles. The molecule has 0 bridgehead atoms. The van der Waals surface area contributed by atoms with E-state index in [0.29, 0.717) is 12.8 Å². The first-order chi connectivity index (χ1) is 10.7. The molecule has 4 nitrogen and oxygen atoms in total. The van der Waals surface area contributed by atoms with Crippen molar-refractivity contribution < 1.29 is 19.1 Å². The van der Waals surface area contributed by atoms with Crippen molar-refractivity contribution in [2.45, 2.75) is 77.0 Å². The highest BCUT2D eigenvalue weighted by molar-refractivity contribution is 5.69. The Bertz CT molecular complexity index is 280. The Balaban J connectivity index is 3.18. The molecule has 0 amide bonds. The molecule has 0 heterocycles. The van der Waals surface area contributed by atoms with Gasteiger partial charge in [-0.15, -0.1) is 0 Å². The lowest BCUT2D eigenvalue weighted by atomic mass is 10.1. The fourth-order valence-corrected chi connectivity index (χ4v) is 2.21. The lowest BCUT2D eigenvalue weighted by Gasteiger charge is -2.00. The summed E-state index contributed by atoms with van der Waals surface area (Å²) in [6.07, 6.45) is 16.7. The fourth-order valence-electron chi connectivity index (χ4n) is 2.21. The van der Waals surface area contributed by atoms with Crippen LogP contribution in [0.3, 0.4) is 0 Å². The summed E-state index contributed by atoms with van der Waals surface area (Å²) >= 11 is 0. The van der Waals surface area contributed by atoms with Gasteiger partial charge in [0.05, 0.1) is 14.2 Å². The monoisotopic (exact) mass is 312 g/mol. The van der Waals surface area contributed by atoms with Crippen molar-refractivity contribution in [2.24, 2.45) is 0 Å². The molecule has 4 heteroatoms. The van der Waals surface area contributed by atoms with Gasteiger partial charge in [0, 0.05) is 12.8 Å². The van der Waals surface area contributed by atoms with Crippen molar-refractivity contribution >= 4 is 11.9 Å². The fraction of sp³-hybridized carbons (Fsp3) is 0.778. The topological polar surface area (TPSA) is 52.6 Å². The van der Waals surface area contributed by atoms with Gasteiger partial charge in [0.2, 0.25) is 0 Å². The van der Waals surface area contributed by atoms with Crippen molar-refractivity contribution in [3.8, 4) is 0 Å². The van der Waals surface area contributed by atoms with Crippen LogP contribution in [0.4, 0.5) is 0 Å². The number of unbranched alkanes of at least 4 members (excludes halogenated alkanes) is 8. The number of hydrogen-bond donors (Lipinski definition) is 0. The van der Waals surface area contributed by atoms with E-state index in [2.05, 4.69) is 21.6 Å². The van der Waals surface area contributed by atoms with Crippen LogP contribution in [0.5, 0.6) is 0 Å². The number of hydrogen-bond acceptors (Lipinski definition) is 4. The lowest BCUT2D eigenvalue weighted by molar-refractivity contribution is -0.141. The molecule has 0 saturated carbocycles. The largest absolute Gasteiger partial charge is 0.469 e. The van der Waals surface area contributed by atoms with Gasteiger partial charge >= 0.3 is 11.9 Å². The van der Waals surface area contributed by atoms with Crippen LogP contribution in [0.1, 0.15) is 77.0 Å². The van der Waals surface area contributed by atoms with E-state index in [1.165, 1.54) is 39.9 Å². The van der Waals surface area contributed by atoms with Crippen LogP contribution in [0.25, 0.3) is 0 Å². The Kier molecular flexibility index (Phi) is 15.1. The Hall–Kier alpha value is -1.32. The van der Waals surface area contributed by atoms with Crippen LogP contribution in [0, 0.1) is 0 Å². The molecule has 0 aromatic carbocycles. The quantitative estimate of drug-likeness (QED) is 0.268. The Labute approximate surface area is 135 Å². The molecule has 0 aromatic rings. The summed E-state index contributed by atoms with van der Waals surface area (Å²) in [5.41, 5.74) is 0. The van der Waals surface area contributed by atoms with E-state index in [1.807, 2.05) is 0 Å². The summed E-state index contributed by atoms with van der Waals surface area (Å²) in [5, 5.41) is 0. The second kappa shape index (κ2) is 16.1. The van der Waals surface area contributed by atoms with Crippen molar-refractivity contribution in [3.63, 3.8) is 0 Å². The summed E-state index contributed by atoms with van der Waals surface area (Å²) in [6.45, 7) is 0. The van der Waals surface area contributed by atoms with Crippen LogP contribution < -0.4 is 0 Å². The molecule has 0 N–H and O–H groups in total. The molecule has 22 heavy (non-hydrogen) atoms. The van der Waals surface area contributed by atoms with Crippen LogP contribution in [0.15, 0.2) is 12.2 Å². The molecule has 0 saturated heterocycles. The number of rotatable bonds is 14. The van der Waals surface area contributed by atoms with Gasteiger partial charge in [0.1, 0.15) is 0 Å². The van der Waals surface area contributed by atoms with Gasteiger partial charge in [-0.05, 0) is 38.5 Å². The first-order valence-electron chi connectivity index (χ1n) is 8.49. The molecule has 128 valence electrons. The zero-order valence-electron chi connectivity index (χ0n) is 14.3. The molecule has 0 unspecified atom stereocenters.